The molecule has 8 nitrogen and oxygen atoms in total. The molecule has 2 aromatic carbocycles. The molecule has 2 aliphatic rings. The number of rotatable bonds is 8. The number of hydrogen-bond donors (Lipinski definition) is 1. The molecule has 10 heteroatoms. The van der Waals surface area contributed by atoms with E-state index < -0.39 is 29.5 Å². The second kappa shape index (κ2) is 11.0. The van der Waals surface area contributed by atoms with Crippen LogP contribution in [-0.4, -0.2) is 67.6 Å². The quantitative estimate of drug-likeness (QED) is 0.581. The van der Waals surface area contributed by atoms with Gasteiger partial charge >= 0.3 is 0 Å². The number of carbonyl (C=O) groups excluding carboxylic acids is 3. The Labute approximate surface area is 204 Å². The van der Waals surface area contributed by atoms with E-state index in [1.165, 1.54) is 11.6 Å². The van der Waals surface area contributed by atoms with E-state index in [-0.39, 0.29) is 30.9 Å². The van der Waals surface area contributed by atoms with E-state index in [1.807, 2.05) is 24.3 Å². The molecule has 182 valence electrons. The number of halogens is 1. The van der Waals surface area contributed by atoms with Gasteiger partial charge in [0.25, 0.3) is 5.91 Å². The Kier molecular flexibility index (Phi) is 7.82. The van der Waals surface area contributed by atoms with E-state index in [2.05, 4.69) is 10.2 Å². The molecular formula is C25H27BFN3O5. The number of morpholine rings is 1. The lowest BCUT2D eigenvalue weighted by Gasteiger charge is -2.26. The largest absolute Gasteiger partial charge is 0.488 e. The maximum atomic E-state index is 14.3. The van der Waals surface area contributed by atoms with Crippen LogP contribution in [-0.2, 0) is 34.0 Å². The summed E-state index contributed by atoms with van der Waals surface area (Å²) in [5, 5.41) is 2.15. The van der Waals surface area contributed by atoms with Gasteiger partial charge in [-0.1, -0.05) is 31.2 Å². The molecule has 2 radical (unpaired) electrons. The summed E-state index contributed by atoms with van der Waals surface area (Å²) in [5.41, 5.74) is 2.61. The number of fused-ring (bicyclic) bond motifs is 1. The van der Waals surface area contributed by atoms with Crippen molar-refractivity contribution in [3.63, 3.8) is 0 Å². The zero-order valence-electron chi connectivity index (χ0n) is 19.6. The number of nitrogens with one attached hydrogen (secondary N) is 1. The number of hydrogen-bond acceptors (Lipinski definition) is 6. The summed E-state index contributed by atoms with van der Waals surface area (Å²) in [6.07, 6.45) is 0.101. The number of imide groups is 1. The van der Waals surface area contributed by atoms with Crippen molar-refractivity contribution in [3.8, 4) is 5.75 Å². The highest BCUT2D eigenvalue weighted by Crippen LogP contribution is 2.33. The van der Waals surface area contributed by atoms with Crippen molar-refractivity contribution >= 4 is 25.6 Å². The van der Waals surface area contributed by atoms with Crippen molar-refractivity contribution in [2.45, 2.75) is 39.0 Å². The second-order valence-electron chi connectivity index (χ2n) is 8.57. The summed E-state index contributed by atoms with van der Waals surface area (Å²) in [7, 11) is 5.93. The van der Waals surface area contributed by atoms with Crippen LogP contribution in [0, 0.1) is 5.82 Å². The van der Waals surface area contributed by atoms with Gasteiger partial charge in [0, 0.05) is 37.7 Å². The molecule has 1 unspecified atom stereocenters. The van der Waals surface area contributed by atoms with Crippen LogP contribution in [0.5, 0.6) is 5.75 Å². The Morgan fingerprint density at radius 3 is 2.54 bits per heavy atom. The van der Waals surface area contributed by atoms with Gasteiger partial charge in [-0.05, 0) is 17.2 Å². The number of nitrogens with zero attached hydrogens (tertiary/aromatic N) is 2. The summed E-state index contributed by atoms with van der Waals surface area (Å²) in [6.45, 7) is 5.90. The highest BCUT2D eigenvalue weighted by Gasteiger charge is 2.36. The van der Waals surface area contributed by atoms with Crippen molar-refractivity contribution in [3.05, 3.63) is 64.5 Å². The molecule has 0 bridgehead atoms. The molecule has 0 aliphatic carbocycles. The molecule has 0 aromatic heterocycles. The topological polar surface area (TPSA) is 88.2 Å². The van der Waals surface area contributed by atoms with Gasteiger partial charge in [-0.2, -0.15) is 0 Å². The molecule has 4 rings (SSSR count). The molecule has 2 aromatic rings. The Morgan fingerprint density at radius 2 is 1.86 bits per heavy atom. The minimum Gasteiger partial charge on any atom is -0.488 e. The number of carbonyl (C=O) groups is 3. The van der Waals surface area contributed by atoms with E-state index in [1.54, 1.807) is 6.92 Å². The smallest absolute Gasteiger partial charge is 0.254 e. The highest BCUT2D eigenvalue weighted by molar-refractivity contribution is 6.27. The van der Waals surface area contributed by atoms with Crippen LogP contribution in [0.3, 0.4) is 0 Å². The molecule has 0 spiro atoms. The third-order valence-corrected chi connectivity index (χ3v) is 6.11. The monoisotopic (exact) mass is 479 g/mol. The van der Waals surface area contributed by atoms with Gasteiger partial charge in [0.2, 0.25) is 11.8 Å². The minimum absolute atomic E-state index is 0.0306. The van der Waals surface area contributed by atoms with Gasteiger partial charge < -0.3 is 14.4 Å². The van der Waals surface area contributed by atoms with Gasteiger partial charge in [0.05, 0.1) is 31.3 Å². The van der Waals surface area contributed by atoms with Crippen molar-refractivity contribution in [2.24, 2.45) is 0 Å². The van der Waals surface area contributed by atoms with Crippen LogP contribution in [0.2, 0.25) is 0 Å². The summed E-state index contributed by atoms with van der Waals surface area (Å²) in [4.78, 5) is 40.0. The standard InChI is InChI=1S/C25H27BFN3O5/c1-2-22(31)28-24(32)23(26)30-14-20-19(25(30)33)11-18(27)12-21(20)35-15-17-5-3-16(4-6-17)13-29-7-9-34-10-8-29/h3-6,11-12,23H,2,7-10,13-15H2,1H3,(H,28,31,32). The van der Waals surface area contributed by atoms with E-state index in [4.69, 9.17) is 17.3 Å². The van der Waals surface area contributed by atoms with Crippen LogP contribution in [0.1, 0.15) is 40.4 Å². The van der Waals surface area contributed by atoms with Crippen LogP contribution >= 0.6 is 0 Å². The Balaban J connectivity index is 1.42. The lowest BCUT2D eigenvalue weighted by Crippen LogP contribution is -2.49. The van der Waals surface area contributed by atoms with Gasteiger partial charge in [-0.25, -0.2) is 4.39 Å². The zero-order chi connectivity index (χ0) is 24.9. The first-order valence-corrected chi connectivity index (χ1v) is 11.6. The summed E-state index contributed by atoms with van der Waals surface area (Å²) < 4.78 is 25.5. The fraction of sp³-hybridized carbons (Fsp3) is 0.400. The molecule has 1 saturated heterocycles. The highest BCUT2D eigenvalue weighted by atomic mass is 19.1. The van der Waals surface area contributed by atoms with Crippen LogP contribution in [0.25, 0.3) is 0 Å². The van der Waals surface area contributed by atoms with Gasteiger partial charge in [0.15, 0.2) is 0 Å². The molecule has 1 atom stereocenters. The summed E-state index contributed by atoms with van der Waals surface area (Å²) in [5.74, 6) is -3.69. The Hall–Kier alpha value is -3.24. The molecule has 1 N–H and O–H groups in total. The number of benzene rings is 2. The molecule has 2 heterocycles. The average Bonchev–Trinajstić information content (AvgIpc) is 3.19. The van der Waals surface area contributed by atoms with Crippen LogP contribution in [0.15, 0.2) is 36.4 Å². The van der Waals surface area contributed by atoms with Crippen LogP contribution in [0.4, 0.5) is 4.39 Å². The third-order valence-electron chi connectivity index (χ3n) is 6.11. The molecule has 1 fully saturated rings. The summed E-state index contributed by atoms with van der Waals surface area (Å²) in [6, 6.07) is 10.3. The van der Waals surface area contributed by atoms with Gasteiger partial charge in [0.1, 0.15) is 26.0 Å². The molecule has 35 heavy (non-hydrogen) atoms. The maximum Gasteiger partial charge on any atom is 0.254 e. The van der Waals surface area contributed by atoms with E-state index in [0.29, 0.717) is 5.56 Å². The predicted octanol–water partition coefficient (Wildman–Crippen LogP) is 1.74. The predicted molar refractivity (Wildman–Crippen MR) is 126 cm³/mol. The first-order valence-electron chi connectivity index (χ1n) is 11.6. The number of amides is 3. The van der Waals surface area contributed by atoms with Crippen LogP contribution < -0.4 is 10.1 Å². The molecule has 0 saturated carbocycles. The fourth-order valence-electron chi connectivity index (χ4n) is 4.08. The van der Waals surface area contributed by atoms with Crippen molar-refractivity contribution in [1.82, 2.24) is 15.1 Å². The fourth-order valence-corrected chi connectivity index (χ4v) is 4.08. The first-order chi connectivity index (χ1) is 16.9. The molecular weight excluding hydrogens is 452 g/mol. The summed E-state index contributed by atoms with van der Waals surface area (Å²) >= 11 is 0. The third kappa shape index (κ3) is 5.89. The lowest BCUT2D eigenvalue weighted by molar-refractivity contribution is -0.131. The Morgan fingerprint density at radius 1 is 1.17 bits per heavy atom. The van der Waals surface area contributed by atoms with E-state index in [9.17, 15) is 18.8 Å². The van der Waals surface area contributed by atoms with E-state index >= 15 is 0 Å². The van der Waals surface area contributed by atoms with Crippen molar-refractivity contribution in [2.75, 3.05) is 26.3 Å². The minimum atomic E-state index is -1.39. The zero-order valence-corrected chi connectivity index (χ0v) is 19.6. The van der Waals surface area contributed by atoms with E-state index in [0.717, 1.165) is 49.4 Å². The molecule has 2 aliphatic heterocycles. The lowest BCUT2D eigenvalue weighted by atomic mass is 9.93. The van der Waals surface area contributed by atoms with Gasteiger partial charge in [-0.3, -0.25) is 24.6 Å². The van der Waals surface area contributed by atoms with Crippen molar-refractivity contribution < 1.29 is 28.2 Å². The Bertz CT molecular complexity index is 1110. The second-order valence-corrected chi connectivity index (χ2v) is 8.57. The first kappa shape index (κ1) is 24.9. The van der Waals surface area contributed by atoms with Crippen molar-refractivity contribution in [1.29, 1.82) is 0 Å². The normalized spacial score (nSPS) is 16.6. The maximum absolute atomic E-state index is 14.3. The number of ether oxygens (including phenoxy) is 2. The average molecular weight is 479 g/mol. The SMILES string of the molecule is [B]C(C(=O)NC(=O)CC)N1Cc2c(OCc3ccc(CN4CCOCC4)cc3)cc(F)cc2C1=O. The van der Waals surface area contributed by atoms with Gasteiger partial charge in [-0.15, -0.1) is 0 Å². The molecule has 3 amide bonds.